The molecule has 0 saturated carbocycles. The Morgan fingerprint density at radius 2 is 1.69 bits per heavy atom. The molecule has 11 heteroatoms. The van der Waals surface area contributed by atoms with Crippen LogP contribution in [-0.2, 0) is 6.54 Å². The van der Waals surface area contributed by atoms with Gasteiger partial charge >= 0.3 is 5.69 Å². The first-order valence-corrected chi connectivity index (χ1v) is 11.9. The van der Waals surface area contributed by atoms with Gasteiger partial charge in [0, 0.05) is 44.6 Å². The lowest BCUT2D eigenvalue weighted by atomic mass is 10.2. The summed E-state index contributed by atoms with van der Waals surface area (Å²) in [7, 11) is 2.15. The van der Waals surface area contributed by atoms with Crippen molar-refractivity contribution in [1.29, 1.82) is 0 Å². The van der Waals surface area contributed by atoms with Crippen molar-refractivity contribution in [2.45, 2.75) is 6.54 Å². The molecule has 5 rings (SSSR count). The molecule has 0 atom stereocenters. The number of rotatable bonds is 5. The highest BCUT2D eigenvalue weighted by atomic mass is 35.5. The first-order chi connectivity index (χ1) is 16.9. The molecule has 1 aliphatic heterocycles. The molecule has 0 amide bonds. The average Bonchev–Trinajstić information content (AvgIpc) is 2.83. The molecular weight excluding hydrogens is 487 g/mol. The van der Waals surface area contributed by atoms with Crippen LogP contribution in [0.1, 0.15) is 5.56 Å². The Labute approximate surface area is 212 Å². The third kappa shape index (κ3) is 4.94. The number of likely N-dealkylation sites (N-methyl/N-ethyl adjacent to an activating group) is 1. The first-order valence-electron chi connectivity index (χ1n) is 11.2. The molecule has 1 aliphatic rings. The molecule has 180 valence electrons. The lowest BCUT2D eigenvalue weighted by Gasteiger charge is -2.32. The summed E-state index contributed by atoms with van der Waals surface area (Å²) in [6.45, 7) is 5.25. The molecule has 3 heterocycles. The van der Waals surface area contributed by atoms with Gasteiger partial charge < -0.3 is 16.0 Å². The zero-order valence-corrected chi connectivity index (χ0v) is 20.6. The third-order valence-corrected chi connectivity index (χ3v) is 6.66. The molecule has 1 fully saturated rings. The number of halogens is 2. The third-order valence-electron chi connectivity index (χ3n) is 6.05. The van der Waals surface area contributed by atoms with Gasteiger partial charge in [-0.15, -0.1) is 0 Å². The molecular formula is C24H24Cl2N8O. The van der Waals surface area contributed by atoms with Crippen LogP contribution in [0, 0.1) is 0 Å². The molecule has 3 N–H and O–H groups in total. The quantitative estimate of drug-likeness (QED) is 0.419. The van der Waals surface area contributed by atoms with E-state index in [0.717, 1.165) is 38.4 Å². The molecule has 0 aliphatic carbocycles. The Balaban J connectivity index is 1.37. The monoisotopic (exact) mass is 510 g/mol. The summed E-state index contributed by atoms with van der Waals surface area (Å²) in [5.74, 6) is 0.416. The second-order valence-electron chi connectivity index (χ2n) is 8.52. The van der Waals surface area contributed by atoms with Crippen molar-refractivity contribution in [3.8, 4) is 5.69 Å². The van der Waals surface area contributed by atoms with E-state index in [1.54, 1.807) is 18.2 Å². The van der Waals surface area contributed by atoms with Crippen molar-refractivity contribution in [1.82, 2.24) is 29.3 Å². The van der Waals surface area contributed by atoms with Gasteiger partial charge in [0.1, 0.15) is 5.82 Å². The van der Waals surface area contributed by atoms with E-state index < -0.39 is 5.69 Å². The van der Waals surface area contributed by atoms with Gasteiger partial charge in [0.15, 0.2) is 5.65 Å². The summed E-state index contributed by atoms with van der Waals surface area (Å²) in [5, 5.41) is 4.13. The Bertz CT molecular complexity index is 1410. The van der Waals surface area contributed by atoms with Crippen molar-refractivity contribution in [3.63, 3.8) is 0 Å². The lowest BCUT2D eigenvalue weighted by molar-refractivity contribution is 0.148. The predicted octanol–water partition coefficient (Wildman–Crippen LogP) is 3.56. The zero-order chi connectivity index (χ0) is 24.5. The molecule has 2 aromatic carbocycles. The van der Waals surface area contributed by atoms with Crippen LogP contribution in [0.3, 0.4) is 0 Å². The van der Waals surface area contributed by atoms with Gasteiger partial charge in [-0.25, -0.2) is 14.3 Å². The maximum Gasteiger partial charge on any atom is 0.355 e. The standard InChI is InChI=1S/C24H24Cl2N8O/c1-32-9-11-33(12-10-32)14-15-5-7-16(8-6-15)29-23-28-13-17-21(27)34(24(35)31-22(17)30-23)20-18(25)3-2-4-19(20)26/h2-8,13H,9-12,14,27H2,1H3,(H,29,30,31,35). The van der Waals surface area contributed by atoms with Crippen LogP contribution in [0.2, 0.25) is 10.0 Å². The van der Waals surface area contributed by atoms with E-state index in [9.17, 15) is 4.79 Å². The van der Waals surface area contributed by atoms with Gasteiger partial charge in [0.2, 0.25) is 5.95 Å². The molecule has 2 aromatic heterocycles. The van der Waals surface area contributed by atoms with E-state index in [0.29, 0.717) is 11.3 Å². The maximum absolute atomic E-state index is 12.8. The van der Waals surface area contributed by atoms with E-state index in [1.165, 1.54) is 16.3 Å². The fourth-order valence-corrected chi connectivity index (χ4v) is 4.64. The average molecular weight is 511 g/mol. The molecule has 0 unspecified atom stereocenters. The van der Waals surface area contributed by atoms with E-state index in [2.05, 4.69) is 49.2 Å². The topological polar surface area (TPSA) is 105 Å². The fourth-order valence-electron chi connectivity index (χ4n) is 4.07. The summed E-state index contributed by atoms with van der Waals surface area (Å²) >= 11 is 12.5. The highest BCUT2D eigenvalue weighted by Crippen LogP contribution is 2.30. The minimum atomic E-state index is -0.636. The number of nitrogens with one attached hydrogen (secondary N) is 1. The van der Waals surface area contributed by atoms with E-state index >= 15 is 0 Å². The first kappa shape index (κ1) is 23.5. The van der Waals surface area contributed by atoms with Crippen LogP contribution >= 0.6 is 23.2 Å². The number of benzene rings is 2. The van der Waals surface area contributed by atoms with Gasteiger partial charge in [-0.2, -0.15) is 9.97 Å². The second kappa shape index (κ2) is 9.79. The number of para-hydroxylation sites is 1. The van der Waals surface area contributed by atoms with Crippen LogP contribution in [0.15, 0.2) is 53.5 Å². The lowest BCUT2D eigenvalue weighted by Crippen LogP contribution is -2.43. The molecule has 9 nitrogen and oxygen atoms in total. The van der Waals surface area contributed by atoms with Crippen molar-refractivity contribution < 1.29 is 0 Å². The fraction of sp³-hybridized carbons (Fsp3) is 0.250. The second-order valence-corrected chi connectivity index (χ2v) is 9.33. The van der Waals surface area contributed by atoms with Crippen LogP contribution in [0.4, 0.5) is 17.5 Å². The zero-order valence-electron chi connectivity index (χ0n) is 19.1. The Hall–Kier alpha value is -3.24. The number of nitrogens with zero attached hydrogens (tertiary/aromatic N) is 6. The van der Waals surface area contributed by atoms with Crippen LogP contribution in [-0.4, -0.2) is 62.5 Å². The highest BCUT2D eigenvalue weighted by molar-refractivity contribution is 6.37. The molecule has 0 spiro atoms. The number of nitrogens with two attached hydrogens (primary N) is 1. The van der Waals surface area contributed by atoms with Crippen molar-refractivity contribution >= 4 is 51.7 Å². The van der Waals surface area contributed by atoms with Crippen molar-refractivity contribution in [2.75, 3.05) is 44.3 Å². The largest absolute Gasteiger partial charge is 0.384 e. The van der Waals surface area contributed by atoms with Gasteiger partial charge in [0.05, 0.1) is 21.1 Å². The Kier molecular flexibility index (Phi) is 6.57. The summed E-state index contributed by atoms with van der Waals surface area (Å²) in [4.78, 5) is 30.5. The molecule has 35 heavy (non-hydrogen) atoms. The molecule has 1 saturated heterocycles. The van der Waals surface area contributed by atoms with E-state index in [-0.39, 0.29) is 27.2 Å². The summed E-state index contributed by atoms with van der Waals surface area (Å²) in [5.41, 5.74) is 8.18. The van der Waals surface area contributed by atoms with Gasteiger partial charge in [-0.3, -0.25) is 4.90 Å². The highest BCUT2D eigenvalue weighted by Gasteiger charge is 2.18. The van der Waals surface area contributed by atoms with Crippen LogP contribution in [0.5, 0.6) is 0 Å². The van der Waals surface area contributed by atoms with Crippen molar-refractivity contribution in [3.05, 3.63) is 74.8 Å². The van der Waals surface area contributed by atoms with E-state index in [1.807, 2.05) is 12.1 Å². The number of aromatic nitrogens is 4. The van der Waals surface area contributed by atoms with Gasteiger partial charge in [-0.1, -0.05) is 41.4 Å². The summed E-state index contributed by atoms with van der Waals surface area (Å²) in [6.07, 6.45) is 1.52. The molecule has 4 aromatic rings. The number of hydrogen-bond acceptors (Lipinski definition) is 8. The SMILES string of the molecule is CN1CCN(Cc2ccc(Nc3ncc4c(N)n(-c5c(Cl)cccc5Cl)c(=O)nc4n3)cc2)CC1. The van der Waals surface area contributed by atoms with Crippen LogP contribution < -0.4 is 16.7 Å². The summed E-state index contributed by atoms with van der Waals surface area (Å²) in [6, 6.07) is 13.1. The predicted molar refractivity (Wildman–Crippen MR) is 140 cm³/mol. The molecule has 0 radical (unpaired) electrons. The minimum absolute atomic E-state index is 0.106. The number of fused-ring (bicyclic) bond motifs is 1. The summed E-state index contributed by atoms with van der Waals surface area (Å²) < 4.78 is 1.17. The number of hydrogen-bond donors (Lipinski definition) is 2. The molecule has 0 bridgehead atoms. The minimum Gasteiger partial charge on any atom is -0.384 e. The van der Waals surface area contributed by atoms with Crippen molar-refractivity contribution in [2.24, 2.45) is 0 Å². The van der Waals surface area contributed by atoms with Gasteiger partial charge in [0.25, 0.3) is 0 Å². The number of piperazine rings is 1. The number of nitrogen functional groups attached to an aromatic ring is 1. The van der Waals surface area contributed by atoms with Crippen LogP contribution in [0.25, 0.3) is 16.7 Å². The number of anilines is 3. The smallest absolute Gasteiger partial charge is 0.355 e. The van der Waals surface area contributed by atoms with E-state index in [4.69, 9.17) is 28.9 Å². The van der Waals surface area contributed by atoms with Gasteiger partial charge in [-0.05, 0) is 36.9 Å². The maximum atomic E-state index is 12.8. The Morgan fingerprint density at radius 1 is 1.00 bits per heavy atom. The normalized spacial score (nSPS) is 14.9. The Morgan fingerprint density at radius 3 is 2.37 bits per heavy atom.